The third-order valence-electron chi connectivity index (χ3n) is 6.40. The van der Waals surface area contributed by atoms with E-state index in [1.165, 1.54) is 11.3 Å². The van der Waals surface area contributed by atoms with E-state index >= 15 is 0 Å². The number of aryl methyl sites for hydroxylation is 2. The van der Waals surface area contributed by atoms with Crippen LogP contribution in [-0.2, 0) is 17.8 Å². The second-order valence-corrected chi connectivity index (χ2v) is 8.57. The lowest BCUT2D eigenvalue weighted by atomic mass is 9.93. The van der Waals surface area contributed by atoms with Gasteiger partial charge in [0.1, 0.15) is 5.82 Å². The molecule has 0 atom stereocenters. The Morgan fingerprint density at radius 3 is 2.61 bits per heavy atom. The maximum Gasteiger partial charge on any atom is 0.222 e. The van der Waals surface area contributed by atoms with E-state index in [2.05, 4.69) is 56.7 Å². The van der Waals surface area contributed by atoms with E-state index in [9.17, 15) is 4.79 Å². The van der Waals surface area contributed by atoms with E-state index in [0.717, 1.165) is 63.1 Å². The molecule has 0 unspecified atom stereocenters. The minimum absolute atomic E-state index is 0.318. The van der Waals surface area contributed by atoms with Crippen molar-refractivity contribution in [2.24, 2.45) is 5.92 Å². The lowest BCUT2D eigenvalue weighted by Crippen LogP contribution is -2.38. The Balaban J connectivity index is 1.22. The number of benzene rings is 1. The minimum Gasteiger partial charge on any atom is -0.343 e. The quantitative estimate of drug-likeness (QED) is 0.524. The smallest absolute Gasteiger partial charge is 0.222 e. The molecule has 31 heavy (non-hydrogen) atoms. The highest BCUT2D eigenvalue weighted by Gasteiger charge is 2.23. The molecule has 1 aromatic carbocycles. The van der Waals surface area contributed by atoms with E-state index < -0.39 is 0 Å². The summed E-state index contributed by atoms with van der Waals surface area (Å²) in [4.78, 5) is 23.5. The fourth-order valence-corrected chi connectivity index (χ4v) is 4.50. The van der Waals surface area contributed by atoms with Crippen molar-refractivity contribution < 1.29 is 4.79 Å². The number of hydrogen-bond donors (Lipinski definition) is 0. The van der Waals surface area contributed by atoms with Crippen LogP contribution >= 0.6 is 0 Å². The van der Waals surface area contributed by atoms with Crippen LogP contribution < -0.4 is 0 Å². The zero-order valence-corrected chi connectivity index (χ0v) is 18.4. The summed E-state index contributed by atoms with van der Waals surface area (Å²) in [6.07, 6.45) is 11.5. The maximum absolute atomic E-state index is 12.6. The molecule has 1 aliphatic rings. The average Bonchev–Trinajstić information content (AvgIpc) is 3.19. The van der Waals surface area contributed by atoms with E-state index in [4.69, 9.17) is 0 Å². The summed E-state index contributed by atoms with van der Waals surface area (Å²) < 4.78 is 2.30. The number of imidazole rings is 1. The SMILES string of the molecule is Cc1cnc(-c2cccnc2)n1CCC1CCN(C(=O)CCCc2ccccc2)CC1. The van der Waals surface area contributed by atoms with Crippen LogP contribution in [0.25, 0.3) is 11.4 Å². The predicted molar refractivity (Wildman–Crippen MR) is 123 cm³/mol. The summed E-state index contributed by atoms with van der Waals surface area (Å²) in [5.74, 6) is 1.98. The van der Waals surface area contributed by atoms with Crippen LogP contribution in [-0.4, -0.2) is 38.4 Å². The molecule has 3 aromatic rings. The Labute approximate surface area is 185 Å². The molecule has 2 aromatic heterocycles. The number of hydrogen-bond acceptors (Lipinski definition) is 3. The van der Waals surface area contributed by atoms with Crippen molar-refractivity contribution >= 4 is 5.91 Å². The summed E-state index contributed by atoms with van der Waals surface area (Å²) in [7, 11) is 0. The molecule has 5 nitrogen and oxygen atoms in total. The third kappa shape index (κ3) is 5.60. The summed E-state index contributed by atoms with van der Waals surface area (Å²) in [5, 5.41) is 0. The number of likely N-dealkylation sites (tertiary alicyclic amines) is 1. The first-order chi connectivity index (χ1) is 15.2. The van der Waals surface area contributed by atoms with Crippen LogP contribution in [0.15, 0.2) is 61.1 Å². The Hall–Kier alpha value is -2.95. The van der Waals surface area contributed by atoms with Gasteiger partial charge in [0, 0.05) is 55.9 Å². The van der Waals surface area contributed by atoms with E-state index in [0.29, 0.717) is 18.2 Å². The molecule has 0 saturated carbocycles. The van der Waals surface area contributed by atoms with Gasteiger partial charge in [-0.05, 0) is 62.6 Å². The van der Waals surface area contributed by atoms with Crippen molar-refractivity contribution in [1.82, 2.24) is 19.4 Å². The zero-order valence-electron chi connectivity index (χ0n) is 18.4. The molecule has 0 aliphatic carbocycles. The molecular formula is C26H32N4O. The Morgan fingerprint density at radius 1 is 1.06 bits per heavy atom. The number of pyridine rings is 1. The highest BCUT2D eigenvalue weighted by molar-refractivity contribution is 5.76. The summed E-state index contributed by atoms with van der Waals surface area (Å²) >= 11 is 0. The largest absolute Gasteiger partial charge is 0.343 e. The van der Waals surface area contributed by atoms with Crippen LogP contribution in [0.3, 0.4) is 0 Å². The number of nitrogens with zero attached hydrogens (tertiary/aromatic N) is 4. The average molecular weight is 417 g/mol. The van der Waals surface area contributed by atoms with Crippen molar-refractivity contribution in [2.45, 2.75) is 52.0 Å². The van der Waals surface area contributed by atoms with Gasteiger partial charge in [-0.25, -0.2) is 4.98 Å². The highest BCUT2D eigenvalue weighted by atomic mass is 16.2. The van der Waals surface area contributed by atoms with Gasteiger partial charge in [0.05, 0.1) is 0 Å². The normalized spacial score (nSPS) is 14.7. The van der Waals surface area contributed by atoms with Crippen molar-refractivity contribution in [2.75, 3.05) is 13.1 Å². The maximum atomic E-state index is 12.6. The highest BCUT2D eigenvalue weighted by Crippen LogP contribution is 2.25. The molecule has 162 valence electrons. The molecule has 1 amide bonds. The first-order valence-corrected chi connectivity index (χ1v) is 11.4. The molecule has 1 fully saturated rings. The van der Waals surface area contributed by atoms with E-state index in [-0.39, 0.29) is 0 Å². The molecule has 0 bridgehead atoms. The predicted octanol–water partition coefficient (Wildman–Crippen LogP) is 4.91. The molecule has 4 rings (SSSR count). The monoisotopic (exact) mass is 416 g/mol. The van der Waals surface area contributed by atoms with Crippen LogP contribution in [0, 0.1) is 12.8 Å². The molecule has 0 radical (unpaired) electrons. The lowest BCUT2D eigenvalue weighted by molar-refractivity contribution is -0.132. The number of amides is 1. The molecular weight excluding hydrogens is 384 g/mol. The summed E-state index contributed by atoms with van der Waals surface area (Å²) in [6.45, 7) is 4.87. The van der Waals surface area contributed by atoms with Crippen LogP contribution in [0.4, 0.5) is 0 Å². The Bertz CT molecular complexity index is 960. The lowest BCUT2D eigenvalue weighted by Gasteiger charge is -2.32. The van der Waals surface area contributed by atoms with Gasteiger partial charge in [-0.3, -0.25) is 9.78 Å². The molecule has 5 heteroatoms. The van der Waals surface area contributed by atoms with Gasteiger partial charge in [0.25, 0.3) is 0 Å². The third-order valence-corrected chi connectivity index (χ3v) is 6.40. The van der Waals surface area contributed by atoms with Gasteiger partial charge >= 0.3 is 0 Å². The minimum atomic E-state index is 0.318. The van der Waals surface area contributed by atoms with Gasteiger partial charge in [0.2, 0.25) is 5.91 Å². The number of aromatic nitrogens is 3. The fourth-order valence-electron chi connectivity index (χ4n) is 4.50. The van der Waals surface area contributed by atoms with Gasteiger partial charge in [-0.2, -0.15) is 0 Å². The van der Waals surface area contributed by atoms with Crippen LogP contribution in [0.5, 0.6) is 0 Å². The standard InChI is InChI=1S/C26H32N4O/c1-21-19-28-26(24-10-6-15-27-20-24)30(21)18-14-23-12-16-29(17-13-23)25(31)11-5-9-22-7-3-2-4-8-22/h2-4,6-8,10,15,19-20,23H,5,9,11-14,16-18H2,1H3. The van der Waals surface area contributed by atoms with Gasteiger partial charge in [0.15, 0.2) is 0 Å². The number of carbonyl (C=O) groups is 1. The topological polar surface area (TPSA) is 51.0 Å². The first kappa shape index (κ1) is 21.3. The van der Waals surface area contributed by atoms with Crippen molar-refractivity contribution in [3.63, 3.8) is 0 Å². The second kappa shape index (κ2) is 10.4. The van der Waals surface area contributed by atoms with Crippen molar-refractivity contribution in [3.8, 4) is 11.4 Å². The molecule has 0 N–H and O–H groups in total. The zero-order chi connectivity index (χ0) is 21.5. The molecule has 1 aliphatic heterocycles. The van der Waals surface area contributed by atoms with Gasteiger partial charge < -0.3 is 9.47 Å². The van der Waals surface area contributed by atoms with E-state index in [1.54, 1.807) is 6.20 Å². The molecule has 3 heterocycles. The van der Waals surface area contributed by atoms with E-state index in [1.807, 2.05) is 24.5 Å². The second-order valence-electron chi connectivity index (χ2n) is 8.57. The first-order valence-electron chi connectivity index (χ1n) is 11.4. The number of carbonyl (C=O) groups excluding carboxylic acids is 1. The number of rotatable bonds is 8. The van der Waals surface area contributed by atoms with Crippen molar-refractivity contribution in [3.05, 3.63) is 72.3 Å². The van der Waals surface area contributed by atoms with Crippen LogP contribution in [0.2, 0.25) is 0 Å². The van der Waals surface area contributed by atoms with Gasteiger partial charge in [-0.15, -0.1) is 0 Å². The Kier molecular flexibility index (Phi) is 7.13. The molecule has 0 spiro atoms. The fraction of sp³-hybridized carbons (Fsp3) is 0.423. The summed E-state index contributed by atoms with van der Waals surface area (Å²) in [6, 6.07) is 14.4. The van der Waals surface area contributed by atoms with Crippen LogP contribution in [0.1, 0.15) is 43.4 Å². The van der Waals surface area contributed by atoms with Gasteiger partial charge in [-0.1, -0.05) is 30.3 Å². The molecule has 1 saturated heterocycles. The van der Waals surface area contributed by atoms with Crippen molar-refractivity contribution in [1.29, 1.82) is 0 Å². The Morgan fingerprint density at radius 2 is 1.87 bits per heavy atom. The number of piperidine rings is 1. The summed E-state index contributed by atoms with van der Waals surface area (Å²) in [5.41, 5.74) is 3.56.